The van der Waals surface area contributed by atoms with E-state index in [1.54, 1.807) is 0 Å². The molecule has 1 saturated heterocycles. The molecule has 0 unspecified atom stereocenters. The molecule has 0 bridgehead atoms. The fraction of sp³-hybridized carbons (Fsp3) is 0.564. The van der Waals surface area contributed by atoms with Gasteiger partial charge in [0.1, 0.15) is 23.2 Å². The van der Waals surface area contributed by atoms with Gasteiger partial charge in [-0.2, -0.15) is 0 Å². The standard InChI is InChI=1S/C39H54O6/c1-24(2)12-15-28-21-38(11)22-29(16-13-25(3)4)37(9,10)45-35(38)32(33(43)27-14-17-30(41)31(42)20-27)34(44)39(23-40,36(28,7)8)19-18-26(5)6/h12-14,17-18,20,23,28-29,41-42H,15-16,19,21-22H2,1-11H3/b35-32+/t28-,29+,38-,39-/m1/s1. The van der Waals surface area contributed by atoms with Crippen molar-refractivity contribution >= 4 is 17.9 Å². The third kappa shape index (κ3) is 7.05. The molecule has 1 aromatic rings. The molecule has 6 nitrogen and oxygen atoms in total. The van der Waals surface area contributed by atoms with E-state index in [-0.39, 0.29) is 35.1 Å². The van der Waals surface area contributed by atoms with Gasteiger partial charge in [0.25, 0.3) is 0 Å². The van der Waals surface area contributed by atoms with E-state index in [0.717, 1.165) is 23.9 Å². The highest BCUT2D eigenvalue weighted by atomic mass is 16.5. The normalized spacial score (nSPS) is 28.8. The molecule has 0 aromatic heterocycles. The summed E-state index contributed by atoms with van der Waals surface area (Å²) in [7, 11) is 0. The van der Waals surface area contributed by atoms with Crippen molar-refractivity contribution in [3.63, 3.8) is 0 Å². The number of fused-ring (bicyclic) bond motifs is 1. The summed E-state index contributed by atoms with van der Waals surface area (Å²) < 4.78 is 6.90. The number of carbonyl (C=O) groups excluding carboxylic acids is 3. The van der Waals surface area contributed by atoms with Crippen LogP contribution in [0.5, 0.6) is 11.5 Å². The maximum Gasteiger partial charge on any atom is 0.200 e. The van der Waals surface area contributed by atoms with Crippen LogP contribution in [-0.2, 0) is 14.3 Å². The highest BCUT2D eigenvalue weighted by Crippen LogP contribution is 2.61. The van der Waals surface area contributed by atoms with E-state index in [0.29, 0.717) is 25.0 Å². The van der Waals surface area contributed by atoms with Gasteiger partial charge in [-0.25, -0.2) is 0 Å². The molecule has 3 rings (SSSR count). The summed E-state index contributed by atoms with van der Waals surface area (Å²) in [5.41, 5.74) is -0.572. The van der Waals surface area contributed by atoms with Crippen LogP contribution in [-0.4, -0.2) is 33.7 Å². The molecule has 1 heterocycles. The molecule has 0 saturated carbocycles. The largest absolute Gasteiger partial charge is 0.504 e. The van der Waals surface area contributed by atoms with E-state index < -0.39 is 39.2 Å². The van der Waals surface area contributed by atoms with E-state index in [1.165, 1.54) is 23.8 Å². The van der Waals surface area contributed by atoms with Crippen LogP contribution in [0.1, 0.15) is 119 Å². The molecule has 1 fully saturated rings. The molecule has 246 valence electrons. The Bertz CT molecular complexity index is 1460. The molecule has 45 heavy (non-hydrogen) atoms. The van der Waals surface area contributed by atoms with Crippen LogP contribution >= 0.6 is 0 Å². The zero-order valence-corrected chi connectivity index (χ0v) is 29.3. The van der Waals surface area contributed by atoms with Crippen molar-refractivity contribution in [2.24, 2.45) is 28.1 Å². The Balaban J connectivity index is 2.48. The number of rotatable bonds is 9. The monoisotopic (exact) mass is 618 g/mol. The van der Waals surface area contributed by atoms with Crippen LogP contribution in [0.3, 0.4) is 0 Å². The quantitative estimate of drug-likeness (QED) is 0.0714. The summed E-state index contributed by atoms with van der Waals surface area (Å²) in [6.07, 6.45) is 9.98. The zero-order chi connectivity index (χ0) is 34.1. The Morgan fingerprint density at radius 1 is 0.844 bits per heavy atom. The lowest BCUT2D eigenvalue weighted by atomic mass is 9.49. The average Bonchev–Trinajstić information content (AvgIpc) is 2.93. The molecular weight excluding hydrogens is 564 g/mol. The van der Waals surface area contributed by atoms with E-state index in [4.69, 9.17) is 4.74 Å². The van der Waals surface area contributed by atoms with Crippen molar-refractivity contribution in [2.45, 2.75) is 114 Å². The van der Waals surface area contributed by atoms with Crippen molar-refractivity contribution in [3.05, 3.63) is 70.0 Å². The predicted molar refractivity (Wildman–Crippen MR) is 180 cm³/mol. The van der Waals surface area contributed by atoms with E-state index in [2.05, 4.69) is 46.8 Å². The average molecular weight is 619 g/mol. The highest BCUT2D eigenvalue weighted by molar-refractivity contribution is 6.30. The number of benzene rings is 1. The number of phenolic OH excluding ortho intramolecular Hbond substituents is 2. The van der Waals surface area contributed by atoms with Gasteiger partial charge < -0.3 is 19.7 Å². The molecule has 4 atom stereocenters. The fourth-order valence-corrected chi connectivity index (χ4v) is 7.15. The molecule has 2 aliphatic rings. The summed E-state index contributed by atoms with van der Waals surface area (Å²) in [6, 6.07) is 3.79. The zero-order valence-electron chi connectivity index (χ0n) is 29.3. The van der Waals surface area contributed by atoms with E-state index >= 15 is 4.79 Å². The number of Topliss-reactive ketones (excluding diaryl/α,β-unsaturated/α-hetero) is 2. The minimum Gasteiger partial charge on any atom is -0.504 e. The van der Waals surface area contributed by atoms with E-state index in [9.17, 15) is 19.8 Å². The summed E-state index contributed by atoms with van der Waals surface area (Å²) >= 11 is 0. The first-order valence-corrected chi connectivity index (χ1v) is 16.1. The Morgan fingerprint density at radius 2 is 1.38 bits per heavy atom. The van der Waals surface area contributed by atoms with Gasteiger partial charge in [0.05, 0.1) is 5.41 Å². The van der Waals surface area contributed by atoms with Crippen LogP contribution in [0.25, 0.3) is 0 Å². The van der Waals surface area contributed by atoms with Crippen LogP contribution in [0.4, 0.5) is 0 Å². The third-order valence-electron chi connectivity index (χ3n) is 10.4. The van der Waals surface area contributed by atoms with Gasteiger partial charge >= 0.3 is 0 Å². The van der Waals surface area contributed by atoms with Crippen molar-refractivity contribution in [2.75, 3.05) is 0 Å². The molecule has 0 radical (unpaired) electrons. The van der Waals surface area contributed by atoms with Crippen molar-refractivity contribution in [3.8, 4) is 11.5 Å². The first-order valence-electron chi connectivity index (χ1n) is 16.1. The molecule has 1 aromatic carbocycles. The number of phenols is 2. The number of carbonyl (C=O) groups is 3. The minimum atomic E-state index is -1.56. The number of ether oxygens (including phenoxy) is 1. The van der Waals surface area contributed by atoms with E-state index in [1.807, 2.05) is 47.6 Å². The van der Waals surface area contributed by atoms with Crippen LogP contribution in [0, 0.1) is 28.1 Å². The van der Waals surface area contributed by atoms with Crippen LogP contribution < -0.4 is 0 Å². The SMILES string of the molecule is CC(C)=CC[C@H]1C[C@@]2(C)C[C@@H](CC=C(C)C)C(C)(C)[C@@](C=O)(CC=C(C)C)C(=O)/C(C(=O)c3ccc(O)c(O)c3)=C\2OC1(C)C. The smallest absolute Gasteiger partial charge is 0.200 e. The van der Waals surface area contributed by atoms with Gasteiger partial charge in [-0.15, -0.1) is 0 Å². The van der Waals surface area contributed by atoms with Crippen LogP contribution in [0.15, 0.2) is 64.5 Å². The molecule has 0 amide bonds. The molecule has 1 aliphatic heterocycles. The topological polar surface area (TPSA) is 101 Å². The maximum absolute atomic E-state index is 15.3. The molecule has 0 spiro atoms. The minimum absolute atomic E-state index is 0.0399. The van der Waals surface area contributed by atoms with Gasteiger partial charge in [-0.1, -0.05) is 55.7 Å². The Labute approximate surface area is 270 Å². The van der Waals surface area contributed by atoms with Gasteiger partial charge in [0, 0.05) is 16.9 Å². The maximum atomic E-state index is 15.3. The second-order valence-corrected chi connectivity index (χ2v) is 15.5. The Kier molecular flexibility index (Phi) is 10.5. The van der Waals surface area contributed by atoms with Gasteiger partial charge in [-0.05, 0) is 117 Å². The highest BCUT2D eigenvalue weighted by Gasteiger charge is 2.61. The lowest BCUT2D eigenvalue weighted by Crippen LogP contribution is -2.56. The first kappa shape index (κ1) is 36.1. The van der Waals surface area contributed by atoms with Crippen molar-refractivity contribution < 1.29 is 29.3 Å². The van der Waals surface area contributed by atoms with Gasteiger partial charge in [-0.3, -0.25) is 9.59 Å². The number of hydrogen-bond acceptors (Lipinski definition) is 6. The second-order valence-electron chi connectivity index (χ2n) is 15.5. The summed E-state index contributed by atoms with van der Waals surface area (Å²) in [5, 5.41) is 20.3. The number of ketones is 2. The lowest BCUT2D eigenvalue weighted by Gasteiger charge is -2.56. The third-order valence-corrected chi connectivity index (χ3v) is 10.4. The molecular formula is C39H54O6. The van der Waals surface area contributed by atoms with Crippen molar-refractivity contribution in [1.82, 2.24) is 0 Å². The van der Waals surface area contributed by atoms with Gasteiger partial charge in [0.2, 0.25) is 0 Å². The molecule has 1 aliphatic carbocycles. The summed E-state index contributed by atoms with van der Waals surface area (Å²) in [6.45, 7) is 22.2. The van der Waals surface area contributed by atoms with Crippen molar-refractivity contribution in [1.29, 1.82) is 0 Å². The van der Waals surface area contributed by atoms with Gasteiger partial charge in [0.15, 0.2) is 23.1 Å². The Morgan fingerprint density at radius 3 is 1.89 bits per heavy atom. The fourth-order valence-electron chi connectivity index (χ4n) is 7.15. The van der Waals surface area contributed by atoms with Crippen LogP contribution in [0.2, 0.25) is 0 Å². The second kappa shape index (κ2) is 13.1. The lowest BCUT2D eigenvalue weighted by molar-refractivity contribution is -0.149. The number of hydrogen-bond donors (Lipinski definition) is 2. The summed E-state index contributed by atoms with van der Waals surface area (Å²) in [4.78, 5) is 43.4. The number of allylic oxidation sites excluding steroid dienone is 8. The molecule has 6 heteroatoms. The molecule has 2 N–H and O–H groups in total. The number of aldehydes is 1. The number of aromatic hydroxyl groups is 2. The Hall–Kier alpha value is -3.41. The first-order chi connectivity index (χ1) is 20.7. The summed E-state index contributed by atoms with van der Waals surface area (Å²) in [5.74, 6) is -1.67. The predicted octanol–water partition coefficient (Wildman–Crippen LogP) is 9.23.